The molecule has 1 heterocycles. The number of ether oxygens (including phenoxy) is 2. The summed E-state index contributed by atoms with van der Waals surface area (Å²) >= 11 is 1.34. The van der Waals surface area contributed by atoms with Gasteiger partial charge in [-0.2, -0.15) is 0 Å². The molecular weight excluding hydrogens is 360 g/mol. The Morgan fingerprint density at radius 1 is 1.31 bits per heavy atom. The zero-order valence-electron chi connectivity index (χ0n) is 14.5. The van der Waals surface area contributed by atoms with Crippen molar-refractivity contribution in [1.82, 2.24) is 0 Å². The summed E-state index contributed by atoms with van der Waals surface area (Å²) in [4.78, 5) is 35.8. The summed E-state index contributed by atoms with van der Waals surface area (Å²) in [5, 5.41) is 13.3. The maximum Gasteiger partial charge on any atom is 0.348 e. The third-order valence-electron chi connectivity index (χ3n) is 3.55. The highest BCUT2D eigenvalue weighted by Crippen LogP contribution is 2.29. The van der Waals surface area contributed by atoms with Crippen LogP contribution in [0.3, 0.4) is 0 Å². The van der Waals surface area contributed by atoms with Gasteiger partial charge in [-0.05, 0) is 31.0 Å². The topological polar surface area (TPSA) is 108 Å². The van der Waals surface area contributed by atoms with Crippen molar-refractivity contribution in [1.29, 1.82) is 0 Å². The summed E-state index contributed by atoms with van der Waals surface area (Å²) in [7, 11) is 1.33. The van der Waals surface area contributed by atoms with E-state index in [0.717, 1.165) is 16.9 Å². The monoisotopic (exact) mass is 378 g/mol. The SMILES string of the molecule is CCc1sc(C(=O)OCC(=O)Nc2ccc([N+](=O)[O-])cc2OC)cc1C. The molecule has 0 bridgehead atoms. The van der Waals surface area contributed by atoms with Crippen LogP contribution in [-0.2, 0) is 16.0 Å². The Labute approximate surface area is 153 Å². The molecule has 2 aromatic rings. The predicted molar refractivity (Wildman–Crippen MR) is 97.0 cm³/mol. The Balaban J connectivity index is 1.98. The molecule has 0 fully saturated rings. The fourth-order valence-electron chi connectivity index (χ4n) is 2.26. The first-order chi connectivity index (χ1) is 12.3. The summed E-state index contributed by atoms with van der Waals surface area (Å²) in [5.74, 6) is -1.00. The van der Waals surface area contributed by atoms with Crippen LogP contribution in [0.5, 0.6) is 5.75 Å². The van der Waals surface area contributed by atoms with Gasteiger partial charge in [0.1, 0.15) is 10.6 Å². The molecule has 1 aromatic carbocycles. The van der Waals surface area contributed by atoms with Crippen LogP contribution >= 0.6 is 11.3 Å². The van der Waals surface area contributed by atoms with E-state index in [2.05, 4.69) is 5.32 Å². The van der Waals surface area contributed by atoms with Gasteiger partial charge < -0.3 is 14.8 Å². The molecule has 1 aromatic heterocycles. The lowest BCUT2D eigenvalue weighted by molar-refractivity contribution is -0.384. The molecule has 2 rings (SSSR count). The van der Waals surface area contributed by atoms with Gasteiger partial charge in [0.2, 0.25) is 0 Å². The first-order valence-electron chi connectivity index (χ1n) is 7.74. The second kappa shape index (κ2) is 8.43. The average molecular weight is 378 g/mol. The molecule has 0 atom stereocenters. The summed E-state index contributed by atoms with van der Waals surface area (Å²) in [6, 6.07) is 5.53. The van der Waals surface area contributed by atoms with E-state index in [0.29, 0.717) is 4.88 Å². The number of thiophene rings is 1. The van der Waals surface area contributed by atoms with Crippen LogP contribution < -0.4 is 10.1 Å². The quantitative estimate of drug-likeness (QED) is 0.450. The van der Waals surface area contributed by atoms with Crippen LogP contribution in [0.15, 0.2) is 24.3 Å². The first kappa shape index (κ1) is 19.4. The Kier molecular flexibility index (Phi) is 6.29. The average Bonchev–Trinajstić information content (AvgIpc) is 3.00. The normalized spacial score (nSPS) is 10.3. The number of anilines is 1. The third-order valence-corrected chi connectivity index (χ3v) is 4.91. The van der Waals surface area contributed by atoms with Crippen LogP contribution in [0.1, 0.15) is 27.0 Å². The predicted octanol–water partition coefficient (Wildman–Crippen LogP) is 3.33. The molecule has 0 aliphatic heterocycles. The van der Waals surface area contributed by atoms with E-state index in [1.807, 2.05) is 13.8 Å². The van der Waals surface area contributed by atoms with Crippen molar-refractivity contribution < 1.29 is 24.0 Å². The fraction of sp³-hybridized carbons (Fsp3) is 0.294. The molecule has 1 amide bonds. The van der Waals surface area contributed by atoms with Crippen LogP contribution in [0.4, 0.5) is 11.4 Å². The van der Waals surface area contributed by atoms with E-state index in [1.165, 1.54) is 36.6 Å². The van der Waals surface area contributed by atoms with Crippen LogP contribution in [0.2, 0.25) is 0 Å². The zero-order valence-corrected chi connectivity index (χ0v) is 15.3. The number of hydrogen-bond acceptors (Lipinski definition) is 7. The molecule has 1 N–H and O–H groups in total. The molecule has 0 radical (unpaired) electrons. The molecule has 0 spiro atoms. The van der Waals surface area contributed by atoms with Crippen molar-refractivity contribution >= 4 is 34.6 Å². The van der Waals surface area contributed by atoms with Gasteiger partial charge in [-0.25, -0.2) is 4.79 Å². The molecule has 0 saturated carbocycles. The third kappa shape index (κ3) is 4.57. The van der Waals surface area contributed by atoms with Gasteiger partial charge in [-0.3, -0.25) is 14.9 Å². The van der Waals surface area contributed by atoms with E-state index in [9.17, 15) is 19.7 Å². The maximum atomic E-state index is 12.0. The minimum atomic E-state index is -0.575. The Hall–Kier alpha value is -2.94. The second-order valence-electron chi connectivity index (χ2n) is 5.34. The number of nitro benzene ring substituents is 1. The molecule has 0 aliphatic carbocycles. The van der Waals surface area contributed by atoms with E-state index in [1.54, 1.807) is 6.07 Å². The molecule has 26 heavy (non-hydrogen) atoms. The van der Waals surface area contributed by atoms with Gasteiger partial charge in [0.05, 0.1) is 23.8 Å². The lowest BCUT2D eigenvalue weighted by Gasteiger charge is -2.10. The lowest BCUT2D eigenvalue weighted by Crippen LogP contribution is -2.21. The smallest absolute Gasteiger partial charge is 0.348 e. The number of aryl methyl sites for hydroxylation is 2. The van der Waals surface area contributed by atoms with Crippen LogP contribution in [0, 0.1) is 17.0 Å². The number of nitrogens with zero attached hydrogens (tertiary/aromatic N) is 1. The highest BCUT2D eigenvalue weighted by molar-refractivity contribution is 7.14. The van der Waals surface area contributed by atoms with Crippen molar-refractivity contribution in [2.24, 2.45) is 0 Å². The number of nitrogens with one attached hydrogen (secondary N) is 1. The van der Waals surface area contributed by atoms with Crippen LogP contribution in [-0.4, -0.2) is 30.5 Å². The van der Waals surface area contributed by atoms with E-state index >= 15 is 0 Å². The first-order valence-corrected chi connectivity index (χ1v) is 8.56. The standard InChI is InChI=1S/C17H18N2O6S/c1-4-14-10(2)7-15(26-14)17(21)25-9-16(20)18-12-6-5-11(19(22)23)8-13(12)24-3/h5-8H,4,9H2,1-3H3,(H,18,20). The number of rotatable bonds is 7. The van der Waals surface area contributed by atoms with Crippen molar-refractivity contribution in [2.75, 3.05) is 19.0 Å². The highest BCUT2D eigenvalue weighted by Gasteiger charge is 2.17. The van der Waals surface area contributed by atoms with Crippen molar-refractivity contribution in [3.63, 3.8) is 0 Å². The largest absolute Gasteiger partial charge is 0.494 e. The number of carbonyl (C=O) groups excluding carboxylic acids is 2. The number of esters is 1. The summed E-state index contributed by atoms with van der Waals surface area (Å²) in [6.07, 6.45) is 0.824. The van der Waals surface area contributed by atoms with Crippen molar-refractivity contribution in [2.45, 2.75) is 20.3 Å². The van der Waals surface area contributed by atoms with Gasteiger partial charge in [-0.1, -0.05) is 6.92 Å². The molecule has 8 nitrogen and oxygen atoms in total. The van der Waals surface area contributed by atoms with Gasteiger partial charge in [0.15, 0.2) is 6.61 Å². The molecule has 0 unspecified atom stereocenters. The van der Waals surface area contributed by atoms with Gasteiger partial charge in [-0.15, -0.1) is 11.3 Å². The summed E-state index contributed by atoms with van der Waals surface area (Å²) in [5.41, 5.74) is 1.11. The highest BCUT2D eigenvalue weighted by atomic mass is 32.1. The van der Waals surface area contributed by atoms with Gasteiger partial charge in [0.25, 0.3) is 11.6 Å². The number of non-ortho nitro benzene ring substituents is 1. The number of carbonyl (C=O) groups is 2. The van der Waals surface area contributed by atoms with Crippen molar-refractivity contribution in [3.05, 3.63) is 49.7 Å². The molecule has 0 aliphatic rings. The summed E-state index contributed by atoms with van der Waals surface area (Å²) in [6.45, 7) is 3.44. The van der Waals surface area contributed by atoms with Gasteiger partial charge in [0, 0.05) is 10.9 Å². The number of benzene rings is 1. The number of amides is 1. The molecule has 9 heteroatoms. The number of hydrogen-bond donors (Lipinski definition) is 1. The fourth-order valence-corrected chi connectivity index (χ4v) is 3.26. The molecule has 0 saturated heterocycles. The van der Waals surface area contributed by atoms with E-state index < -0.39 is 23.4 Å². The second-order valence-corrected chi connectivity index (χ2v) is 6.47. The zero-order chi connectivity index (χ0) is 19.3. The van der Waals surface area contributed by atoms with Crippen LogP contribution in [0.25, 0.3) is 0 Å². The molecule has 138 valence electrons. The minimum Gasteiger partial charge on any atom is -0.494 e. The maximum absolute atomic E-state index is 12.0. The lowest BCUT2D eigenvalue weighted by atomic mass is 10.2. The summed E-state index contributed by atoms with van der Waals surface area (Å²) < 4.78 is 10.1. The minimum absolute atomic E-state index is 0.139. The van der Waals surface area contributed by atoms with E-state index in [-0.39, 0.29) is 17.1 Å². The Morgan fingerprint density at radius 2 is 2.04 bits per heavy atom. The number of methoxy groups -OCH3 is 1. The molecular formula is C17H18N2O6S. The Morgan fingerprint density at radius 3 is 2.62 bits per heavy atom. The van der Waals surface area contributed by atoms with Crippen molar-refractivity contribution in [3.8, 4) is 5.75 Å². The Bertz CT molecular complexity index is 846. The van der Waals surface area contributed by atoms with E-state index in [4.69, 9.17) is 9.47 Å². The number of nitro groups is 1. The van der Waals surface area contributed by atoms with Gasteiger partial charge >= 0.3 is 5.97 Å².